The first-order valence-electron chi connectivity index (χ1n) is 4.24. The summed E-state index contributed by atoms with van der Waals surface area (Å²) >= 11 is 1.43. The summed E-state index contributed by atoms with van der Waals surface area (Å²) in [6.45, 7) is 1.69. The fourth-order valence-electron chi connectivity index (χ4n) is 0.805. The summed E-state index contributed by atoms with van der Waals surface area (Å²) in [6.07, 6.45) is 0. The van der Waals surface area contributed by atoms with Gasteiger partial charge in [-0.05, 0) is 6.92 Å². The molecule has 0 spiro atoms. The van der Waals surface area contributed by atoms with Crippen molar-refractivity contribution in [1.82, 2.24) is 15.6 Å². The van der Waals surface area contributed by atoms with Crippen LogP contribution >= 0.6 is 11.3 Å². The van der Waals surface area contributed by atoms with Crippen LogP contribution in [0.3, 0.4) is 0 Å². The van der Waals surface area contributed by atoms with Gasteiger partial charge in [-0.25, -0.2) is 9.78 Å². The van der Waals surface area contributed by atoms with Crippen LogP contribution in [0.4, 0.5) is 4.79 Å². The second-order valence-electron chi connectivity index (χ2n) is 2.87. The van der Waals surface area contributed by atoms with Crippen molar-refractivity contribution in [3.05, 3.63) is 16.6 Å². The van der Waals surface area contributed by atoms with Gasteiger partial charge in [-0.15, -0.1) is 11.3 Å². The molecule has 0 aromatic carbocycles. The van der Waals surface area contributed by atoms with Gasteiger partial charge in [0.05, 0.1) is 17.7 Å². The zero-order valence-electron chi connectivity index (χ0n) is 8.06. The maximum absolute atomic E-state index is 11.1. The van der Waals surface area contributed by atoms with Crippen molar-refractivity contribution in [3.63, 3.8) is 0 Å². The van der Waals surface area contributed by atoms with Gasteiger partial charge < -0.3 is 15.7 Å². The molecule has 0 aliphatic rings. The highest BCUT2D eigenvalue weighted by Crippen LogP contribution is 1.99. The van der Waals surface area contributed by atoms with Crippen LogP contribution in [0, 0.1) is 0 Å². The molecule has 7 heteroatoms. The quantitative estimate of drug-likeness (QED) is 0.697. The first kappa shape index (κ1) is 11.4. The molecule has 82 valence electrons. The number of carbonyl (C=O) groups excluding carboxylic acids is 1. The number of aliphatic carboxylic acids is 1. The third kappa shape index (κ3) is 3.94. The number of hydrogen-bond donors (Lipinski definition) is 3. The van der Waals surface area contributed by atoms with Crippen LogP contribution in [0.5, 0.6) is 0 Å². The van der Waals surface area contributed by atoms with Crippen molar-refractivity contribution >= 4 is 23.3 Å². The Balaban J connectivity index is 2.28. The van der Waals surface area contributed by atoms with Crippen LogP contribution in [0.2, 0.25) is 0 Å². The van der Waals surface area contributed by atoms with Crippen molar-refractivity contribution in [2.75, 3.05) is 0 Å². The van der Waals surface area contributed by atoms with Gasteiger partial charge in [0.2, 0.25) is 0 Å². The average molecular weight is 229 g/mol. The molecule has 15 heavy (non-hydrogen) atoms. The molecule has 1 atom stereocenters. The largest absolute Gasteiger partial charge is 0.480 e. The molecule has 1 rings (SSSR count). The predicted molar refractivity (Wildman–Crippen MR) is 54.6 cm³/mol. The van der Waals surface area contributed by atoms with E-state index in [0.29, 0.717) is 6.54 Å². The lowest BCUT2D eigenvalue weighted by Crippen LogP contribution is -2.44. The molecule has 0 fully saturated rings. The Kier molecular flexibility index (Phi) is 4.04. The summed E-state index contributed by atoms with van der Waals surface area (Å²) < 4.78 is 0. The number of thiazole rings is 1. The van der Waals surface area contributed by atoms with Crippen LogP contribution < -0.4 is 10.6 Å². The lowest BCUT2D eigenvalue weighted by molar-refractivity contribution is -0.138. The Labute approximate surface area is 90.3 Å². The fourth-order valence-corrected chi connectivity index (χ4v) is 1.36. The Morgan fingerprint density at radius 1 is 1.67 bits per heavy atom. The molecule has 3 N–H and O–H groups in total. The van der Waals surface area contributed by atoms with Crippen molar-refractivity contribution in [3.8, 4) is 0 Å². The molecule has 2 amide bonds. The monoisotopic (exact) mass is 229 g/mol. The molecule has 0 saturated heterocycles. The lowest BCUT2D eigenvalue weighted by Gasteiger charge is -2.09. The van der Waals surface area contributed by atoms with E-state index in [1.165, 1.54) is 18.3 Å². The Morgan fingerprint density at radius 2 is 2.40 bits per heavy atom. The first-order valence-corrected chi connectivity index (χ1v) is 5.18. The molecule has 0 aliphatic carbocycles. The summed E-state index contributed by atoms with van der Waals surface area (Å²) in [5.74, 6) is -1.07. The van der Waals surface area contributed by atoms with E-state index in [1.807, 2.05) is 0 Å². The molecular weight excluding hydrogens is 218 g/mol. The van der Waals surface area contributed by atoms with Gasteiger partial charge in [0, 0.05) is 5.38 Å². The van der Waals surface area contributed by atoms with E-state index in [-0.39, 0.29) is 0 Å². The Morgan fingerprint density at radius 3 is 2.93 bits per heavy atom. The van der Waals surface area contributed by atoms with E-state index in [4.69, 9.17) is 5.11 Å². The fraction of sp³-hybridized carbons (Fsp3) is 0.375. The summed E-state index contributed by atoms with van der Waals surface area (Å²) in [5.41, 5.74) is 2.41. The number of amides is 2. The summed E-state index contributed by atoms with van der Waals surface area (Å²) in [4.78, 5) is 25.5. The highest BCUT2D eigenvalue weighted by atomic mass is 32.1. The minimum absolute atomic E-state index is 0.293. The van der Waals surface area contributed by atoms with Gasteiger partial charge >= 0.3 is 12.0 Å². The molecule has 6 nitrogen and oxygen atoms in total. The smallest absolute Gasteiger partial charge is 0.325 e. The van der Waals surface area contributed by atoms with Gasteiger partial charge in [0.25, 0.3) is 0 Å². The van der Waals surface area contributed by atoms with Crippen LogP contribution in [0.15, 0.2) is 10.9 Å². The number of carbonyl (C=O) groups is 2. The third-order valence-electron chi connectivity index (χ3n) is 1.63. The normalized spacial score (nSPS) is 11.8. The summed E-state index contributed by atoms with van der Waals surface area (Å²) in [6, 6.07) is -1.42. The minimum Gasteiger partial charge on any atom is -0.480 e. The van der Waals surface area contributed by atoms with E-state index >= 15 is 0 Å². The van der Waals surface area contributed by atoms with E-state index in [1.54, 1.807) is 10.9 Å². The second-order valence-corrected chi connectivity index (χ2v) is 3.59. The van der Waals surface area contributed by atoms with Gasteiger partial charge in [0.1, 0.15) is 6.04 Å². The molecule has 0 aliphatic heterocycles. The standard InChI is InChI=1S/C8H11N3O3S/c1-5(7(12)13)11-8(14)9-2-6-3-15-4-10-6/h3-5H,2H2,1H3,(H,12,13)(H2,9,11,14). The second kappa shape index (κ2) is 5.30. The van der Waals surface area contributed by atoms with Gasteiger partial charge in [0.15, 0.2) is 0 Å². The summed E-state index contributed by atoms with van der Waals surface area (Å²) in [5, 5.41) is 15.1. The predicted octanol–water partition coefficient (Wildman–Crippen LogP) is 0.415. The van der Waals surface area contributed by atoms with Crippen molar-refractivity contribution in [1.29, 1.82) is 0 Å². The van der Waals surface area contributed by atoms with Crippen molar-refractivity contribution < 1.29 is 14.7 Å². The Hall–Kier alpha value is -1.63. The molecular formula is C8H11N3O3S. The third-order valence-corrected chi connectivity index (χ3v) is 2.27. The number of nitrogens with zero attached hydrogens (tertiary/aromatic N) is 1. The lowest BCUT2D eigenvalue weighted by atomic mass is 10.3. The van der Waals surface area contributed by atoms with Crippen LogP contribution in [0.25, 0.3) is 0 Å². The number of aromatic nitrogens is 1. The molecule has 1 heterocycles. The first-order chi connectivity index (χ1) is 7.09. The highest BCUT2D eigenvalue weighted by molar-refractivity contribution is 7.07. The van der Waals surface area contributed by atoms with E-state index in [2.05, 4.69) is 15.6 Å². The van der Waals surface area contributed by atoms with Crippen molar-refractivity contribution in [2.45, 2.75) is 19.5 Å². The van der Waals surface area contributed by atoms with E-state index in [0.717, 1.165) is 5.69 Å². The average Bonchev–Trinajstić information content (AvgIpc) is 2.66. The number of hydrogen-bond acceptors (Lipinski definition) is 4. The van der Waals surface area contributed by atoms with Crippen LogP contribution in [-0.4, -0.2) is 28.1 Å². The Bertz CT molecular complexity index is 339. The number of rotatable bonds is 4. The zero-order chi connectivity index (χ0) is 11.3. The molecule has 1 unspecified atom stereocenters. The van der Waals surface area contributed by atoms with Gasteiger partial charge in [-0.3, -0.25) is 4.79 Å². The molecule has 1 aromatic heterocycles. The van der Waals surface area contributed by atoms with E-state index in [9.17, 15) is 9.59 Å². The highest BCUT2D eigenvalue weighted by Gasteiger charge is 2.13. The molecule has 0 bridgehead atoms. The number of urea groups is 1. The SMILES string of the molecule is CC(NC(=O)NCc1cscn1)C(=O)O. The maximum atomic E-state index is 11.1. The summed E-state index contributed by atoms with van der Waals surface area (Å²) in [7, 11) is 0. The van der Waals surface area contributed by atoms with Gasteiger partial charge in [-0.1, -0.05) is 0 Å². The zero-order valence-corrected chi connectivity index (χ0v) is 8.87. The van der Waals surface area contributed by atoms with Crippen molar-refractivity contribution in [2.24, 2.45) is 0 Å². The molecule has 1 aromatic rings. The maximum Gasteiger partial charge on any atom is 0.325 e. The van der Waals surface area contributed by atoms with Crippen LogP contribution in [-0.2, 0) is 11.3 Å². The molecule has 0 radical (unpaired) electrons. The number of carboxylic acid groups (broad SMARTS) is 1. The number of carboxylic acids is 1. The molecule has 0 saturated carbocycles. The van der Waals surface area contributed by atoms with Gasteiger partial charge in [-0.2, -0.15) is 0 Å². The topological polar surface area (TPSA) is 91.3 Å². The minimum atomic E-state index is -1.07. The van der Waals surface area contributed by atoms with Crippen LogP contribution in [0.1, 0.15) is 12.6 Å². The number of nitrogens with one attached hydrogen (secondary N) is 2. The van der Waals surface area contributed by atoms with E-state index < -0.39 is 18.0 Å².